The molecule has 2 fully saturated rings. The summed E-state index contributed by atoms with van der Waals surface area (Å²) in [5, 5.41) is 2.55. The van der Waals surface area contributed by atoms with Crippen LogP contribution in [0.3, 0.4) is 0 Å². The fourth-order valence-corrected chi connectivity index (χ4v) is 1.75. The Hall–Kier alpha value is -1.26. The van der Waals surface area contributed by atoms with E-state index in [1.54, 1.807) is 20.8 Å². The van der Waals surface area contributed by atoms with Crippen LogP contribution in [0.1, 0.15) is 27.2 Å². The first kappa shape index (κ1) is 10.3. The van der Waals surface area contributed by atoms with Crippen molar-refractivity contribution in [3.05, 3.63) is 0 Å². The predicted molar refractivity (Wildman–Crippen MR) is 51.2 cm³/mol. The zero-order valence-electron chi connectivity index (χ0n) is 9.12. The van der Waals surface area contributed by atoms with Gasteiger partial charge in [0, 0.05) is 5.92 Å². The first-order chi connectivity index (χ1) is 6.83. The molecule has 0 radical (unpaired) electrons. The molecule has 2 aliphatic rings. The fourth-order valence-electron chi connectivity index (χ4n) is 1.75. The number of hydrogen-bond acceptors (Lipinski definition) is 4. The number of hydrogen-bond donors (Lipinski definition) is 1. The van der Waals surface area contributed by atoms with Crippen LogP contribution in [0.25, 0.3) is 0 Å². The minimum Gasteiger partial charge on any atom is -0.458 e. The maximum Gasteiger partial charge on any atom is 0.408 e. The third kappa shape index (κ3) is 1.78. The molecule has 5 heteroatoms. The molecule has 0 aromatic heterocycles. The van der Waals surface area contributed by atoms with Crippen molar-refractivity contribution in [3.8, 4) is 0 Å². The molecule has 1 heterocycles. The Balaban J connectivity index is 2.05. The molecule has 0 spiro atoms. The molecular formula is C10H15NO4. The van der Waals surface area contributed by atoms with Crippen LogP contribution < -0.4 is 5.32 Å². The van der Waals surface area contributed by atoms with Gasteiger partial charge in [-0.05, 0) is 27.2 Å². The average Bonchev–Trinajstić information content (AvgIpc) is 2.75. The van der Waals surface area contributed by atoms with Gasteiger partial charge in [-0.25, -0.2) is 9.59 Å². The van der Waals surface area contributed by atoms with Crippen LogP contribution in [0.5, 0.6) is 0 Å². The van der Waals surface area contributed by atoms with E-state index in [9.17, 15) is 9.59 Å². The van der Waals surface area contributed by atoms with Gasteiger partial charge < -0.3 is 14.8 Å². The zero-order chi connectivity index (χ0) is 11.3. The number of fused-ring (bicyclic) bond motifs is 1. The van der Waals surface area contributed by atoms with Crippen molar-refractivity contribution < 1.29 is 19.1 Å². The molecule has 0 aromatic carbocycles. The summed E-state index contributed by atoms with van der Waals surface area (Å²) in [5.41, 5.74) is -1.33. The third-order valence-electron chi connectivity index (χ3n) is 2.61. The summed E-state index contributed by atoms with van der Waals surface area (Å²) in [7, 11) is 0. The van der Waals surface area contributed by atoms with Crippen molar-refractivity contribution in [3.63, 3.8) is 0 Å². The summed E-state index contributed by atoms with van der Waals surface area (Å²) in [5.74, 6) is -0.276. The molecule has 0 bridgehead atoms. The highest BCUT2D eigenvalue weighted by molar-refractivity contribution is 5.90. The number of rotatable bonds is 1. The summed E-state index contributed by atoms with van der Waals surface area (Å²) in [4.78, 5) is 22.9. The molecule has 0 unspecified atom stereocenters. The van der Waals surface area contributed by atoms with Crippen LogP contribution in [0.2, 0.25) is 0 Å². The van der Waals surface area contributed by atoms with Crippen molar-refractivity contribution in [2.24, 2.45) is 5.92 Å². The second-order valence-corrected chi connectivity index (χ2v) is 5.10. The highest BCUT2D eigenvalue weighted by Gasteiger charge is 2.65. The van der Waals surface area contributed by atoms with Gasteiger partial charge in [0.1, 0.15) is 11.1 Å². The van der Waals surface area contributed by atoms with Crippen molar-refractivity contribution in [2.75, 3.05) is 6.61 Å². The molecule has 0 aromatic rings. The van der Waals surface area contributed by atoms with E-state index in [0.29, 0.717) is 13.0 Å². The molecule has 1 amide bonds. The molecule has 5 nitrogen and oxygen atoms in total. The summed E-state index contributed by atoms with van der Waals surface area (Å²) in [6, 6.07) is 0. The van der Waals surface area contributed by atoms with Gasteiger partial charge in [-0.15, -0.1) is 0 Å². The number of nitrogens with one attached hydrogen (secondary N) is 1. The average molecular weight is 213 g/mol. The Morgan fingerprint density at radius 3 is 2.87 bits per heavy atom. The van der Waals surface area contributed by atoms with Gasteiger partial charge >= 0.3 is 12.1 Å². The molecule has 84 valence electrons. The molecule has 2 atom stereocenters. The number of alkyl carbamates (subject to hydrolysis) is 1. The first-order valence-electron chi connectivity index (χ1n) is 5.02. The van der Waals surface area contributed by atoms with E-state index >= 15 is 0 Å². The smallest absolute Gasteiger partial charge is 0.408 e. The van der Waals surface area contributed by atoms with Gasteiger partial charge in [0.25, 0.3) is 0 Å². The minimum atomic E-state index is -0.803. The Bertz CT molecular complexity index is 320. The number of carbonyl (C=O) groups is 2. The van der Waals surface area contributed by atoms with E-state index in [1.165, 1.54) is 0 Å². The SMILES string of the molecule is CC(C)(C)OC(=O)[C@]12C[C@H]1COC(=O)N2. The number of esters is 1. The molecule has 1 saturated heterocycles. The van der Waals surface area contributed by atoms with Crippen molar-refractivity contribution in [2.45, 2.75) is 38.3 Å². The van der Waals surface area contributed by atoms with Gasteiger partial charge in [-0.2, -0.15) is 0 Å². The minimum absolute atomic E-state index is 0.0741. The monoisotopic (exact) mass is 213 g/mol. The Labute approximate surface area is 88.1 Å². The zero-order valence-corrected chi connectivity index (χ0v) is 9.12. The van der Waals surface area contributed by atoms with Crippen molar-refractivity contribution in [1.29, 1.82) is 0 Å². The molecule has 1 N–H and O–H groups in total. The highest BCUT2D eigenvalue weighted by Crippen LogP contribution is 2.47. The van der Waals surface area contributed by atoms with Gasteiger partial charge in [-0.1, -0.05) is 0 Å². The van der Waals surface area contributed by atoms with Crippen LogP contribution in [-0.2, 0) is 14.3 Å². The Kier molecular flexibility index (Phi) is 1.96. The summed E-state index contributed by atoms with van der Waals surface area (Å²) >= 11 is 0. The van der Waals surface area contributed by atoms with E-state index in [1.807, 2.05) is 0 Å². The Morgan fingerprint density at radius 1 is 1.60 bits per heavy atom. The number of amides is 1. The van der Waals surface area contributed by atoms with Gasteiger partial charge in [-0.3, -0.25) is 0 Å². The van der Waals surface area contributed by atoms with Crippen LogP contribution in [-0.4, -0.2) is 29.8 Å². The highest BCUT2D eigenvalue weighted by atomic mass is 16.6. The van der Waals surface area contributed by atoms with Crippen molar-refractivity contribution in [1.82, 2.24) is 5.32 Å². The number of ether oxygens (including phenoxy) is 2. The van der Waals surface area contributed by atoms with E-state index in [-0.39, 0.29) is 11.9 Å². The molecule has 1 aliphatic heterocycles. The van der Waals surface area contributed by atoms with Gasteiger partial charge in [0.05, 0.1) is 6.61 Å². The summed E-state index contributed by atoms with van der Waals surface area (Å²) in [6.07, 6.45) is 0.0859. The third-order valence-corrected chi connectivity index (χ3v) is 2.61. The normalized spacial score (nSPS) is 33.5. The van der Waals surface area contributed by atoms with E-state index in [4.69, 9.17) is 9.47 Å². The standard InChI is InChI=1S/C10H15NO4/c1-9(2,3)15-7(12)10-4-6(10)5-14-8(13)11-10/h6H,4-5H2,1-3H3,(H,11,13)/t6-,10-/m0/s1. The number of carbonyl (C=O) groups excluding carboxylic acids is 2. The fraction of sp³-hybridized carbons (Fsp3) is 0.800. The quantitative estimate of drug-likeness (QED) is 0.655. The van der Waals surface area contributed by atoms with Crippen LogP contribution in [0.4, 0.5) is 4.79 Å². The lowest BCUT2D eigenvalue weighted by atomic mass is 10.1. The van der Waals surface area contributed by atoms with E-state index in [2.05, 4.69) is 5.32 Å². The van der Waals surface area contributed by atoms with E-state index in [0.717, 1.165) is 0 Å². The lowest BCUT2D eigenvalue weighted by Gasteiger charge is -2.27. The largest absolute Gasteiger partial charge is 0.458 e. The van der Waals surface area contributed by atoms with Crippen molar-refractivity contribution >= 4 is 12.1 Å². The molecular weight excluding hydrogens is 198 g/mol. The van der Waals surface area contributed by atoms with Crippen LogP contribution in [0, 0.1) is 5.92 Å². The first-order valence-corrected chi connectivity index (χ1v) is 5.02. The van der Waals surface area contributed by atoms with Crippen LogP contribution >= 0.6 is 0 Å². The summed E-state index contributed by atoms with van der Waals surface area (Å²) < 4.78 is 10.0. The van der Waals surface area contributed by atoms with Gasteiger partial charge in [0.15, 0.2) is 0 Å². The number of cyclic esters (lactones) is 1. The lowest BCUT2D eigenvalue weighted by molar-refractivity contribution is -0.160. The molecule has 1 aliphatic carbocycles. The second kappa shape index (κ2) is 2.87. The molecule has 1 saturated carbocycles. The molecule has 15 heavy (non-hydrogen) atoms. The predicted octanol–water partition coefficient (Wildman–Crippen LogP) is 0.827. The maximum atomic E-state index is 11.8. The van der Waals surface area contributed by atoms with Gasteiger partial charge in [0.2, 0.25) is 0 Å². The lowest BCUT2D eigenvalue weighted by Crippen LogP contribution is -2.51. The van der Waals surface area contributed by atoms with E-state index < -0.39 is 17.2 Å². The Morgan fingerprint density at radius 2 is 2.27 bits per heavy atom. The second-order valence-electron chi connectivity index (χ2n) is 5.10. The topological polar surface area (TPSA) is 64.6 Å². The van der Waals surface area contributed by atoms with Crippen LogP contribution in [0.15, 0.2) is 0 Å². The summed E-state index contributed by atoms with van der Waals surface area (Å²) in [6.45, 7) is 5.73. The molecule has 2 rings (SSSR count). The maximum absolute atomic E-state index is 11.8.